The molecule has 2 saturated heterocycles. The van der Waals surface area contributed by atoms with Crippen LogP contribution in [0.25, 0.3) is 0 Å². The second-order valence-electron chi connectivity index (χ2n) is 18.7. The van der Waals surface area contributed by atoms with Gasteiger partial charge in [0.1, 0.15) is 22.9 Å². The second-order valence-corrected chi connectivity index (χ2v) is 23.4. The lowest BCUT2D eigenvalue weighted by Gasteiger charge is -2.46. The highest BCUT2D eigenvalue weighted by Gasteiger charge is 2.86. The van der Waals surface area contributed by atoms with Crippen LogP contribution in [0.4, 0.5) is 0 Å². The zero-order valence-electron chi connectivity index (χ0n) is 33.6. The summed E-state index contributed by atoms with van der Waals surface area (Å²) in [6.07, 6.45) is -3.41. The fraction of sp³-hybridized carbons (Fsp3) is 0.744. The van der Waals surface area contributed by atoms with E-state index in [1.807, 2.05) is 64.2 Å². The zero-order chi connectivity index (χ0) is 39.3. The molecule has 0 N–H and O–H groups in total. The van der Waals surface area contributed by atoms with E-state index in [1.165, 1.54) is 0 Å². The minimum Gasteiger partial charge on any atom is -0.458 e. The molecule has 1 spiro atoms. The van der Waals surface area contributed by atoms with E-state index in [0.29, 0.717) is 18.4 Å². The summed E-state index contributed by atoms with van der Waals surface area (Å²) in [5.74, 6) is -5.92. The fourth-order valence-corrected chi connectivity index (χ4v) is 7.64. The monoisotopic (exact) mass is 748 g/mol. The molecular weight excluding hydrogens is 689 g/mol. The number of rotatable bonds is 9. The molecule has 292 valence electrons. The Bertz CT molecular complexity index is 1490. The summed E-state index contributed by atoms with van der Waals surface area (Å²) in [4.78, 5) is 59.5. The quantitative estimate of drug-likeness (QED) is 0.151. The van der Waals surface area contributed by atoms with Crippen LogP contribution in [-0.4, -0.2) is 84.3 Å². The highest BCUT2D eigenvalue weighted by molar-refractivity contribution is 6.74. The number of benzene rings is 1. The Balaban J connectivity index is 2.12. The molecule has 0 amide bonds. The highest BCUT2D eigenvalue weighted by Crippen LogP contribution is 2.57. The maximum absolute atomic E-state index is 15.3. The first kappa shape index (κ1) is 41.9. The Hall–Kier alpha value is -2.84. The van der Waals surface area contributed by atoms with Crippen LogP contribution in [0, 0.1) is 0 Å². The van der Waals surface area contributed by atoms with Crippen molar-refractivity contribution in [2.45, 2.75) is 186 Å². The number of cyclic esters (lactones) is 1. The van der Waals surface area contributed by atoms with Crippen molar-refractivity contribution in [2.75, 3.05) is 0 Å². The molecule has 4 rings (SSSR count). The van der Waals surface area contributed by atoms with Crippen molar-refractivity contribution in [2.24, 2.45) is 0 Å². The number of hydrogen-bond acceptors (Lipinski definition) is 12. The third-order valence-electron chi connectivity index (χ3n) is 9.66. The maximum Gasteiger partial charge on any atom is 0.358 e. The smallest absolute Gasteiger partial charge is 0.358 e. The third kappa shape index (κ3) is 8.43. The van der Waals surface area contributed by atoms with E-state index in [-0.39, 0.29) is 19.4 Å². The summed E-state index contributed by atoms with van der Waals surface area (Å²) >= 11 is 0. The summed E-state index contributed by atoms with van der Waals surface area (Å²) in [6.45, 7) is 24.5. The summed E-state index contributed by atoms with van der Waals surface area (Å²) in [5, 5.41) is -0.406. The SMILES string of the molecule is CC(C)(C)OC(=O)[C@H]1OC2(CCCC2)O[C@]1(C(=O)OC(C)(C)C)[C@]1(C(=O)OC(C)(C)C)OC(=O)[C@H](O[Si](C)(C)C(C)(C)C)[C@H]1OCc1ccccc1. The van der Waals surface area contributed by atoms with Crippen molar-refractivity contribution in [3.05, 3.63) is 35.9 Å². The molecule has 0 unspecified atom stereocenters. The first-order chi connectivity index (χ1) is 23.6. The Morgan fingerprint density at radius 3 is 1.75 bits per heavy atom. The van der Waals surface area contributed by atoms with Crippen LogP contribution in [0.3, 0.4) is 0 Å². The lowest BCUT2D eigenvalue weighted by Crippen LogP contribution is -2.76. The number of ether oxygens (including phenoxy) is 7. The third-order valence-corrected chi connectivity index (χ3v) is 14.1. The van der Waals surface area contributed by atoms with E-state index in [2.05, 4.69) is 0 Å². The van der Waals surface area contributed by atoms with Crippen molar-refractivity contribution in [3.63, 3.8) is 0 Å². The number of hydrogen-bond donors (Lipinski definition) is 0. The molecule has 12 nitrogen and oxygen atoms in total. The van der Waals surface area contributed by atoms with Crippen molar-refractivity contribution in [1.29, 1.82) is 0 Å². The molecule has 0 aromatic heterocycles. The summed E-state index contributed by atoms with van der Waals surface area (Å²) in [7, 11) is -2.85. The summed E-state index contributed by atoms with van der Waals surface area (Å²) in [5.41, 5.74) is -8.38. The predicted molar refractivity (Wildman–Crippen MR) is 193 cm³/mol. The standard InChI is InChI=1S/C39H60O12Si/c1-33(2,3)46-30(41)28-39(32(43)49-35(7,8)9,51-37(45-28)22-18-19-23-37)38(31(42)48-34(4,5)6)27(44-24-25-20-16-15-17-21-25)26(29(40)47-38)50-52(13,14)36(10,11)12/h15-17,20-21,26-28H,18-19,22-24H2,1-14H3/t26-,27-,28-,38+,39-/m1/s1. The van der Waals surface area contributed by atoms with Gasteiger partial charge in [-0.2, -0.15) is 0 Å². The fourth-order valence-electron chi connectivity index (χ4n) is 6.43. The van der Waals surface area contributed by atoms with Gasteiger partial charge < -0.3 is 37.6 Å². The van der Waals surface area contributed by atoms with Gasteiger partial charge in [0.15, 0.2) is 20.2 Å². The molecule has 52 heavy (non-hydrogen) atoms. The molecule has 1 saturated carbocycles. The van der Waals surface area contributed by atoms with E-state index < -0.39 is 89.3 Å². The van der Waals surface area contributed by atoms with E-state index in [4.69, 9.17) is 37.6 Å². The lowest BCUT2D eigenvalue weighted by atomic mass is 9.73. The van der Waals surface area contributed by atoms with Gasteiger partial charge in [-0.05, 0) is 98.9 Å². The summed E-state index contributed by atoms with van der Waals surface area (Å²) in [6, 6.07) is 9.10. The minimum atomic E-state index is -2.85. The van der Waals surface area contributed by atoms with E-state index in [0.717, 1.165) is 0 Å². The molecular formula is C39H60O12Si. The van der Waals surface area contributed by atoms with Crippen LogP contribution in [0.5, 0.6) is 0 Å². The molecule has 1 aromatic carbocycles. The number of carbonyl (C=O) groups excluding carboxylic acids is 4. The van der Waals surface area contributed by atoms with Gasteiger partial charge in [-0.25, -0.2) is 19.2 Å². The molecule has 0 bridgehead atoms. The first-order valence-corrected chi connectivity index (χ1v) is 21.1. The van der Waals surface area contributed by atoms with E-state index >= 15 is 9.59 Å². The Labute approximate surface area is 310 Å². The van der Waals surface area contributed by atoms with Gasteiger partial charge in [-0.3, -0.25) is 0 Å². The Morgan fingerprint density at radius 1 is 0.769 bits per heavy atom. The average molecular weight is 749 g/mol. The molecule has 0 radical (unpaired) electrons. The van der Waals surface area contributed by atoms with Crippen LogP contribution in [-0.2, 0) is 63.4 Å². The van der Waals surface area contributed by atoms with Crippen LogP contribution in [0.2, 0.25) is 18.1 Å². The lowest BCUT2D eigenvalue weighted by molar-refractivity contribution is -0.264. The van der Waals surface area contributed by atoms with Gasteiger partial charge in [0.2, 0.25) is 6.10 Å². The molecule has 3 aliphatic rings. The van der Waals surface area contributed by atoms with Crippen LogP contribution >= 0.6 is 0 Å². The average Bonchev–Trinajstić information content (AvgIpc) is 3.65. The normalized spacial score (nSPS) is 28.1. The molecule has 1 aromatic rings. The van der Waals surface area contributed by atoms with Crippen molar-refractivity contribution >= 4 is 32.2 Å². The van der Waals surface area contributed by atoms with Crippen molar-refractivity contribution in [3.8, 4) is 0 Å². The summed E-state index contributed by atoms with van der Waals surface area (Å²) < 4.78 is 51.1. The zero-order valence-corrected chi connectivity index (χ0v) is 34.6. The van der Waals surface area contributed by atoms with Crippen LogP contribution < -0.4 is 0 Å². The predicted octanol–water partition coefficient (Wildman–Crippen LogP) is 6.71. The molecule has 5 atom stereocenters. The topological polar surface area (TPSA) is 142 Å². The molecule has 2 aliphatic heterocycles. The Kier molecular flexibility index (Phi) is 11.4. The van der Waals surface area contributed by atoms with Gasteiger partial charge >= 0.3 is 23.9 Å². The minimum absolute atomic E-state index is 0.141. The van der Waals surface area contributed by atoms with Crippen molar-refractivity contribution < 1.29 is 56.8 Å². The van der Waals surface area contributed by atoms with Gasteiger partial charge in [0.25, 0.3) is 11.2 Å². The molecule has 3 fully saturated rings. The van der Waals surface area contributed by atoms with Gasteiger partial charge in [-0.15, -0.1) is 0 Å². The number of esters is 4. The second kappa shape index (κ2) is 14.1. The Morgan fingerprint density at radius 2 is 1.27 bits per heavy atom. The van der Waals surface area contributed by atoms with Crippen LogP contribution in [0.1, 0.15) is 114 Å². The maximum atomic E-state index is 15.3. The highest BCUT2D eigenvalue weighted by atomic mass is 28.4. The van der Waals surface area contributed by atoms with E-state index in [9.17, 15) is 9.59 Å². The molecule has 1 aliphatic carbocycles. The van der Waals surface area contributed by atoms with Crippen LogP contribution in [0.15, 0.2) is 30.3 Å². The largest absolute Gasteiger partial charge is 0.458 e. The van der Waals surface area contributed by atoms with E-state index in [1.54, 1.807) is 62.3 Å². The molecule has 2 heterocycles. The van der Waals surface area contributed by atoms with Crippen molar-refractivity contribution in [1.82, 2.24) is 0 Å². The number of carbonyl (C=O) groups is 4. The van der Waals surface area contributed by atoms with Gasteiger partial charge in [0, 0.05) is 12.8 Å². The molecule has 13 heteroatoms. The van der Waals surface area contributed by atoms with Gasteiger partial charge in [0.05, 0.1) is 6.61 Å². The van der Waals surface area contributed by atoms with Gasteiger partial charge in [-0.1, -0.05) is 51.1 Å². The first-order valence-electron chi connectivity index (χ1n) is 18.2.